The van der Waals surface area contributed by atoms with Gasteiger partial charge in [-0.2, -0.15) is 0 Å². The van der Waals surface area contributed by atoms with E-state index < -0.39 is 23.9 Å². The molecule has 3 aromatic carbocycles. The predicted molar refractivity (Wildman–Crippen MR) is 119 cm³/mol. The fraction of sp³-hybridized carbons (Fsp3) is 0.120. The first-order valence-corrected chi connectivity index (χ1v) is 10.00. The third-order valence-electron chi connectivity index (χ3n) is 5.24. The van der Waals surface area contributed by atoms with E-state index in [2.05, 4.69) is 0 Å². The number of hydrogen-bond acceptors (Lipinski definition) is 5. The average molecular weight is 428 g/mol. The minimum Gasteiger partial charge on any atom is -0.449 e. The minimum atomic E-state index is -1.03. The number of esters is 1. The Bertz CT molecular complexity index is 1190. The third-order valence-corrected chi connectivity index (χ3v) is 5.24. The van der Waals surface area contributed by atoms with E-state index in [0.717, 1.165) is 4.90 Å². The van der Waals surface area contributed by atoms with E-state index in [1.807, 2.05) is 6.07 Å². The molecule has 1 aliphatic heterocycles. The molecule has 1 heterocycles. The summed E-state index contributed by atoms with van der Waals surface area (Å²) >= 11 is 0. The second kappa shape index (κ2) is 8.47. The van der Waals surface area contributed by atoms with Crippen molar-refractivity contribution in [2.45, 2.75) is 13.0 Å². The molecule has 3 aromatic rings. The van der Waals surface area contributed by atoms with Crippen LogP contribution in [0.5, 0.6) is 0 Å². The predicted octanol–water partition coefficient (Wildman–Crippen LogP) is 3.70. The molecule has 1 unspecified atom stereocenters. The zero-order valence-electron chi connectivity index (χ0n) is 17.5. The van der Waals surface area contributed by atoms with Crippen LogP contribution < -0.4 is 9.80 Å². The number of carbonyl (C=O) groups excluding carboxylic acids is 4. The number of amides is 3. The van der Waals surface area contributed by atoms with E-state index in [9.17, 15) is 19.2 Å². The molecule has 0 spiro atoms. The molecule has 0 radical (unpaired) electrons. The van der Waals surface area contributed by atoms with Gasteiger partial charge < -0.3 is 9.64 Å². The van der Waals surface area contributed by atoms with Crippen LogP contribution in [-0.2, 0) is 9.53 Å². The lowest BCUT2D eigenvalue weighted by molar-refractivity contribution is -0.126. The van der Waals surface area contributed by atoms with Crippen molar-refractivity contribution in [2.24, 2.45) is 0 Å². The maximum atomic E-state index is 12.7. The number of benzene rings is 3. The Balaban J connectivity index is 1.50. The Morgan fingerprint density at radius 2 is 1.44 bits per heavy atom. The number of ether oxygens (including phenoxy) is 1. The van der Waals surface area contributed by atoms with Gasteiger partial charge in [-0.1, -0.05) is 36.4 Å². The van der Waals surface area contributed by atoms with Crippen LogP contribution in [-0.4, -0.2) is 36.8 Å². The highest BCUT2D eigenvalue weighted by molar-refractivity contribution is 6.34. The van der Waals surface area contributed by atoms with Crippen LogP contribution in [0, 0.1) is 0 Å². The van der Waals surface area contributed by atoms with Crippen LogP contribution in [0.3, 0.4) is 0 Å². The highest BCUT2D eigenvalue weighted by Gasteiger charge is 2.36. The van der Waals surface area contributed by atoms with Gasteiger partial charge in [-0.25, -0.2) is 9.69 Å². The maximum absolute atomic E-state index is 12.7. The smallest absolute Gasteiger partial charge is 0.338 e. The topological polar surface area (TPSA) is 84.0 Å². The highest BCUT2D eigenvalue weighted by atomic mass is 16.5. The second-order valence-electron chi connectivity index (χ2n) is 7.32. The van der Waals surface area contributed by atoms with Gasteiger partial charge in [-0.3, -0.25) is 14.4 Å². The summed E-state index contributed by atoms with van der Waals surface area (Å²) in [5, 5.41) is 0. The van der Waals surface area contributed by atoms with E-state index in [1.165, 1.54) is 24.0 Å². The summed E-state index contributed by atoms with van der Waals surface area (Å²) in [6.07, 6.45) is -1.03. The summed E-state index contributed by atoms with van der Waals surface area (Å²) in [5.74, 6) is -2.03. The third kappa shape index (κ3) is 3.76. The zero-order chi connectivity index (χ0) is 22.8. The Kier molecular flexibility index (Phi) is 5.55. The standard InChI is InChI=1S/C25H20N2O5/c1-16(22(28)26(2)18-10-4-3-5-11-18)32-25(31)17-9-8-12-19(15-17)27-23(29)20-13-6-7-14-21(20)24(27)30/h3-16H,1-2H3. The lowest BCUT2D eigenvalue weighted by Gasteiger charge is -2.21. The first-order valence-electron chi connectivity index (χ1n) is 10.00. The van der Waals surface area contributed by atoms with Gasteiger partial charge in [0.15, 0.2) is 6.10 Å². The van der Waals surface area contributed by atoms with Gasteiger partial charge in [0.05, 0.1) is 22.4 Å². The first kappa shape index (κ1) is 21.0. The van der Waals surface area contributed by atoms with Gasteiger partial charge in [-0.15, -0.1) is 0 Å². The Hall–Kier alpha value is -4.26. The molecule has 1 aliphatic rings. The summed E-state index contributed by atoms with van der Waals surface area (Å²) in [6, 6.07) is 21.6. The Labute approximate surface area is 184 Å². The lowest BCUT2D eigenvalue weighted by Crippen LogP contribution is -2.37. The molecule has 0 N–H and O–H groups in total. The first-order chi connectivity index (χ1) is 15.4. The van der Waals surface area contributed by atoms with Crippen molar-refractivity contribution in [1.82, 2.24) is 0 Å². The summed E-state index contributed by atoms with van der Waals surface area (Å²) in [5.41, 5.74) is 1.68. The van der Waals surface area contributed by atoms with E-state index in [-0.39, 0.29) is 17.2 Å². The summed E-state index contributed by atoms with van der Waals surface area (Å²) in [4.78, 5) is 53.2. The fourth-order valence-electron chi connectivity index (χ4n) is 3.53. The van der Waals surface area contributed by atoms with Crippen molar-refractivity contribution in [3.8, 4) is 0 Å². The van der Waals surface area contributed by atoms with Crippen LogP contribution in [0.25, 0.3) is 0 Å². The van der Waals surface area contributed by atoms with E-state index in [0.29, 0.717) is 16.8 Å². The molecule has 3 amide bonds. The number of rotatable bonds is 5. The molecule has 0 bridgehead atoms. The van der Waals surface area contributed by atoms with Crippen LogP contribution in [0.2, 0.25) is 0 Å². The molecular formula is C25H20N2O5. The van der Waals surface area contributed by atoms with Crippen molar-refractivity contribution < 1.29 is 23.9 Å². The van der Waals surface area contributed by atoms with Crippen LogP contribution in [0.4, 0.5) is 11.4 Å². The highest BCUT2D eigenvalue weighted by Crippen LogP contribution is 2.29. The van der Waals surface area contributed by atoms with Crippen LogP contribution in [0.1, 0.15) is 38.0 Å². The molecule has 0 aromatic heterocycles. The van der Waals surface area contributed by atoms with Gasteiger partial charge in [0.2, 0.25) is 0 Å². The summed E-state index contributed by atoms with van der Waals surface area (Å²) in [7, 11) is 1.60. The number of para-hydroxylation sites is 1. The normalized spacial score (nSPS) is 13.5. The SMILES string of the molecule is CC(OC(=O)c1cccc(N2C(=O)c3ccccc3C2=O)c1)C(=O)N(C)c1ccccc1. The number of anilines is 2. The second-order valence-corrected chi connectivity index (χ2v) is 7.32. The molecule has 4 rings (SSSR count). The van der Waals surface area contributed by atoms with Gasteiger partial charge in [0, 0.05) is 12.7 Å². The zero-order valence-corrected chi connectivity index (χ0v) is 17.5. The van der Waals surface area contributed by atoms with Crippen molar-refractivity contribution in [3.63, 3.8) is 0 Å². The van der Waals surface area contributed by atoms with E-state index >= 15 is 0 Å². The molecule has 160 valence electrons. The number of fused-ring (bicyclic) bond motifs is 1. The summed E-state index contributed by atoms with van der Waals surface area (Å²) in [6.45, 7) is 1.49. The quantitative estimate of drug-likeness (QED) is 0.457. The minimum absolute atomic E-state index is 0.126. The number of carbonyl (C=O) groups is 4. The molecule has 0 aliphatic carbocycles. The molecule has 1 atom stereocenters. The molecule has 7 nitrogen and oxygen atoms in total. The van der Waals surface area contributed by atoms with E-state index in [1.54, 1.807) is 67.7 Å². The molecule has 7 heteroatoms. The number of imide groups is 1. The molecular weight excluding hydrogens is 408 g/mol. The monoisotopic (exact) mass is 428 g/mol. The van der Waals surface area contributed by atoms with Gasteiger partial charge in [-0.05, 0) is 49.4 Å². The maximum Gasteiger partial charge on any atom is 0.338 e. The van der Waals surface area contributed by atoms with Gasteiger partial charge >= 0.3 is 5.97 Å². The van der Waals surface area contributed by atoms with E-state index in [4.69, 9.17) is 4.74 Å². The largest absolute Gasteiger partial charge is 0.449 e. The van der Waals surface area contributed by atoms with Crippen LogP contribution in [0.15, 0.2) is 78.9 Å². The van der Waals surface area contributed by atoms with Crippen molar-refractivity contribution >= 4 is 35.1 Å². The van der Waals surface area contributed by atoms with Crippen LogP contribution >= 0.6 is 0 Å². The molecule has 0 fully saturated rings. The Morgan fingerprint density at radius 1 is 0.844 bits per heavy atom. The fourth-order valence-corrected chi connectivity index (χ4v) is 3.53. The average Bonchev–Trinajstić information content (AvgIpc) is 3.08. The van der Waals surface area contributed by atoms with Crippen molar-refractivity contribution in [2.75, 3.05) is 16.8 Å². The molecule has 0 saturated heterocycles. The van der Waals surface area contributed by atoms with Gasteiger partial charge in [0.1, 0.15) is 0 Å². The number of nitrogens with zero attached hydrogens (tertiary/aromatic N) is 2. The van der Waals surface area contributed by atoms with Crippen molar-refractivity contribution in [3.05, 3.63) is 95.6 Å². The molecule has 0 saturated carbocycles. The number of hydrogen-bond donors (Lipinski definition) is 0. The molecule has 32 heavy (non-hydrogen) atoms. The van der Waals surface area contributed by atoms with Gasteiger partial charge in [0.25, 0.3) is 17.7 Å². The summed E-state index contributed by atoms with van der Waals surface area (Å²) < 4.78 is 5.36. The Morgan fingerprint density at radius 3 is 2.06 bits per heavy atom. The van der Waals surface area contributed by atoms with Crippen molar-refractivity contribution in [1.29, 1.82) is 0 Å². The number of likely N-dealkylation sites (N-methyl/N-ethyl adjacent to an activating group) is 1. The lowest BCUT2D eigenvalue weighted by atomic mass is 10.1.